The van der Waals surface area contributed by atoms with Crippen molar-refractivity contribution < 1.29 is 14.0 Å². The number of para-hydroxylation sites is 1. The molecular formula is C18H20FN3O2. The molecule has 1 amide bonds. The Balaban J connectivity index is 1.52. The lowest BCUT2D eigenvalue weighted by atomic mass is 10.2. The number of amides is 1. The molecule has 6 heteroatoms. The predicted molar refractivity (Wildman–Crippen MR) is 89.6 cm³/mol. The Kier molecular flexibility index (Phi) is 4.93. The number of carbonyl (C=O) groups excluding carboxylic acids is 2. The number of halogens is 1. The third-order valence-electron chi connectivity index (χ3n) is 4.38. The highest BCUT2D eigenvalue weighted by Crippen LogP contribution is 2.20. The molecule has 1 saturated heterocycles. The van der Waals surface area contributed by atoms with Crippen LogP contribution in [0.3, 0.4) is 0 Å². The number of hydrogen-bond acceptors (Lipinski definition) is 3. The molecule has 126 valence electrons. The van der Waals surface area contributed by atoms with Crippen molar-refractivity contribution in [3.63, 3.8) is 0 Å². The summed E-state index contributed by atoms with van der Waals surface area (Å²) in [6.07, 6.45) is 2.94. The van der Waals surface area contributed by atoms with Gasteiger partial charge in [0.25, 0.3) is 0 Å². The molecule has 1 aromatic carbocycles. The van der Waals surface area contributed by atoms with Crippen molar-refractivity contribution >= 4 is 17.9 Å². The molecule has 0 spiro atoms. The molecule has 24 heavy (non-hydrogen) atoms. The lowest BCUT2D eigenvalue weighted by Crippen LogP contribution is -2.49. The second-order valence-corrected chi connectivity index (χ2v) is 5.81. The van der Waals surface area contributed by atoms with Gasteiger partial charge in [-0.25, -0.2) is 4.39 Å². The average Bonchev–Trinajstić information content (AvgIpc) is 3.08. The first-order valence-corrected chi connectivity index (χ1v) is 8.06. The summed E-state index contributed by atoms with van der Waals surface area (Å²) >= 11 is 0. The first kappa shape index (κ1) is 16.2. The minimum absolute atomic E-state index is 0.0636. The van der Waals surface area contributed by atoms with E-state index in [0.29, 0.717) is 50.5 Å². The van der Waals surface area contributed by atoms with Crippen LogP contribution in [-0.4, -0.2) is 47.8 Å². The van der Waals surface area contributed by atoms with Gasteiger partial charge in [0.1, 0.15) is 5.82 Å². The monoisotopic (exact) mass is 329 g/mol. The van der Waals surface area contributed by atoms with Crippen molar-refractivity contribution in [3.05, 3.63) is 54.1 Å². The predicted octanol–water partition coefficient (Wildman–Crippen LogP) is 2.18. The van der Waals surface area contributed by atoms with Gasteiger partial charge in [0.2, 0.25) is 5.91 Å². The fraction of sp³-hybridized carbons (Fsp3) is 0.333. The Labute approximate surface area is 140 Å². The van der Waals surface area contributed by atoms with Gasteiger partial charge < -0.3 is 14.4 Å². The maximum Gasteiger partial charge on any atom is 0.224 e. The van der Waals surface area contributed by atoms with Crippen LogP contribution in [0.1, 0.15) is 16.9 Å². The Morgan fingerprint density at radius 3 is 2.54 bits per heavy atom. The lowest BCUT2D eigenvalue weighted by molar-refractivity contribution is -0.131. The van der Waals surface area contributed by atoms with Crippen molar-refractivity contribution in [2.45, 2.75) is 13.0 Å². The van der Waals surface area contributed by atoms with E-state index in [1.165, 1.54) is 6.07 Å². The molecular weight excluding hydrogens is 309 g/mol. The third kappa shape index (κ3) is 3.48. The van der Waals surface area contributed by atoms with Crippen LogP contribution >= 0.6 is 0 Å². The van der Waals surface area contributed by atoms with E-state index in [-0.39, 0.29) is 11.7 Å². The van der Waals surface area contributed by atoms with E-state index in [4.69, 9.17) is 0 Å². The summed E-state index contributed by atoms with van der Waals surface area (Å²) < 4.78 is 15.6. The number of hydrogen-bond donors (Lipinski definition) is 0. The standard InChI is InChI=1S/C18H20FN3O2/c19-16-5-1-2-6-17(16)21-10-12-22(13-11-21)18(24)7-9-20-8-3-4-15(20)14-23/h1-6,8,14H,7,9-13H2. The first-order valence-electron chi connectivity index (χ1n) is 8.06. The van der Waals surface area contributed by atoms with Crippen LogP contribution in [-0.2, 0) is 11.3 Å². The Morgan fingerprint density at radius 1 is 1.08 bits per heavy atom. The number of aldehydes is 1. The highest BCUT2D eigenvalue weighted by atomic mass is 19.1. The number of carbonyl (C=O) groups is 2. The highest BCUT2D eigenvalue weighted by Gasteiger charge is 2.22. The molecule has 1 aliphatic heterocycles. The molecule has 0 aliphatic carbocycles. The molecule has 2 aromatic rings. The molecule has 0 unspecified atom stereocenters. The van der Waals surface area contributed by atoms with E-state index < -0.39 is 0 Å². The van der Waals surface area contributed by atoms with Gasteiger partial charge in [-0.3, -0.25) is 9.59 Å². The van der Waals surface area contributed by atoms with Gasteiger partial charge in [0.05, 0.1) is 11.4 Å². The molecule has 1 aliphatic rings. The summed E-state index contributed by atoms with van der Waals surface area (Å²) in [5.74, 6) is -0.167. The number of piperazine rings is 1. The summed E-state index contributed by atoms with van der Waals surface area (Å²) in [4.78, 5) is 27.0. The van der Waals surface area contributed by atoms with Gasteiger partial charge in [0, 0.05) is 45.3 Å². The van der Waals surface area contributed by atoms with E-state index in [2.05, 4.69) is 0 Å². The van der Waals surface area contributed by atoms with Crippen molar-refractivity contribution in [2.24, 2.45) is 0 Å². The SMILES string of the molecule is O=Cc1cccn1CCC(=O)N1CCN(c2ccccc2F)CC1. The second-order valence-electron chi connectivity index (χ2n) is 5.81. The van der Waals surface area contributed by atoms with E-state index in [1.54, 1.807) is 39.9 Å². The summed E-state index contributed by atoms with van der Waals surface area (Å²) in [5.41, 5.74) is 1.17. The van der Waals surface area contributed by atoms with Crippen molar-refractivity contribution in [1.82, 2.24) is 9.47 Å². The maximum absolute atomic E-state index is 13.8. The number of anilines is 1. The van der Waals surface area contributed by atoms with Gasteiger partial charge in [-0.2, -0.15) is 0 Å². The van der Waals surface area contributed by atoms with Crippen LogP contribution in [0.4, 0.5) is 10.1 Å². The molecule has 3 rings (SSSR count). The molecule has 0 bridgehead atoms. The largest absolute Gasteiger partial charge is 0.366 e. The topological polar surface area (TPSA) is 45.6 Å². The highest BCUT2D eigenvalue weighted by molar-refractivity contribution is 5.77. The van der Waals surface area contributed by atoms with Gasteiger partial charge in [-0.1, -0.05) is 12.1 Å². The molecule has 2 heterocycles. The molecule has 5 nitrogen and oxygen atoms in total. The molecule has 1 fully saturated rings. The summed E-state index contributed by atoms with van der Waals surface area (Å²) in [5, 5.41) is 0. The van der Waals surface area contributed by atoms with E-state index in [9.17, 15) is 14.0 Å². The van der Waals surface area contributed by atoms with E-state index in [1.807, 2.05) is 11.0 Å². The Morgan fingerprint density at radius 2 is 1.83 bits per heavy atom. The van der Waals surface area contributed by atoms with Crippen molar-refractivity contribution in [3.8, 4) is 0 Å². The van der Waals surface area contributed by atoms with Crippen LogP contribution in [0.25, 0.3) is 0 Å². The smallest absolute Gasteiger partial charge is 0.224 e. The zero-order valence-corrected chi connectivity index (χ0v) is 13.4. The number of benzene rings is 1. The fourth-order valence-corrected chi connectivity index (χ4v) is 3.02. The molecule has 0 radical (unpaired) electrons. The fourth-order valence-electron chi connectivity index (χ4n) is 3.02. The van der Waals surface area contributed by atoms with Gasteiger partial charge in [-0.15, -0.1) is 0 Å². The minimum atomic E-state index is -0.230. The maximum atomic E-state index is 13.8. The minimum Gasteiger partial charge on any atom is -0.366 e. The normalized spacial score (nSPS) is 14.7. The number of rotatable bonds is 5. The zero-order chi connectivity index (χ0) is 16.9. The number of nitrogens with zero attached hydrogens (tertiary/aromatic N) is 3. The van der Waals surface area contributed by atoms with Gasteiger partial charge >= 0.3 is 0 Å². The Bertz CT molecular complexity index is 721. The van der Waals surface area contributed by atoms with Crippen LogP contribution < -0.4 is 4.90 Å². The second kappa shape index (κ2) is 7.29. The van der Waals surface area contributed by atoms with Gasteiger partial charge in [-0.05, 0) is 24.3 Å². The van der Waals surface area contributed by atoms with Gasteiger partial charge in [0.15, 0.2) is 6.29 Å². The van der Waals surface area contributed by atoms with Crippen LogP contribution in [0.2, 0.25) is 0 Å². The van der Waals surface area contributed by atoms with Crippen molar-refractivity contribution in [1.29, 1.82) is 0 Å². The zero-order valence-electron chi connectivity index (χ0n) is 13.4. The summed E-state index contributed by atoms with van der Waals surface area (Å²) in [6.45, 7) is 2.90. The van der Waals surface area contributed by atoms with Crippen LogP contribution in [0.5, 0.6) is 0 Å². The molecule has 1 aromatic heterocycles. The summed E-state index contributed by atoms with van der Waals surface area (Å²) in [6, 6.07) is 10.2. The number of aryl methyl sites for hydroxylation is 1. The number of aromatic nitrogens is 1. The molecule has 0 N–H and O–H groups in total. The van der Waals surface area contributed by atoms with E-state index in [0.717, 1.165) is 6.29 Å². The van der Waals surface area contributed by atoms with Crippen LogP contribution in [0.15, 0.2) is 42.6 Å². The summed E-state index contributed by atoms with van der Waals surface area (Å²) in [7, 11) is 0. The lowest BCUT2D eigenvalue weighted by Gasteiger charge is -2.36. The molecule has 0 atom stereocenters. The first-order chi connectivity index (χ1) is 11.7. The quantitative estimate of drug-likeness (QED) is 0.790. The van der Waals surface area contributed by atoms with Crippen molar-refractivity contribution in [2.75, 3.05) is 31.1 Å². The molecule has 0 saturated carbocycles. The third-order valence-corrected chi connectivity index (χ3v) is 4.38. The van der Waals surface area contributed by atoms with Crippen LogP contribution in [0, 0.1) is 5.82 Å². The average molecular weight is 329 g/mol. The van der Waals surface area contributed by atoms with E-state index >= 15 is 0 Å². The Hall–Kier alpha value is -2.63.